The number of aromatic nitrogens is 4. The zero-order chi connectivity index (χ0) is 14.7. The van der Waals surface area contributed by atoms with E-state index in [-0.39, 0.29) is 6.61 Å². The molecule has 0 radical (unpaired) electrons. The molecule has 0 spiro atoms. The van der Waals surface area contributed by atoms with Crippen LogP contribution in [-0.2, 0) is 20.1 Å². The van der Waals surface area contributed by atoms with E-state index >= 15 is 0 Å². The Labute approximate surface area is 126 Å². The van der Waals surface area contributed by atoms with Crippen LogP contribution < -0.4 is 5.32 Å². The molecule has 3 rings (SSSR count). The molecule has 0 bridgehead atoms. The Hall–Kier alpha value is -2.12. The zero-order valence-electron chi connectivity index (χ0n) is 11.7. The van der Waals surface area contributed by atoms with Crippen LogP contribution in [0.4, 0.5) is 5.69 Å². The van der Waals surface area contributed by atoms with Crippen molar-refractivity contribution in [2.75, 3.05) is 11.9 Å². The molecule has 3 aromatic heterocycles. The summed E-state index contributed by atoms with van der Waals surface area (Å²) in [7, 11) is 1.93. The first-order chi connectivity index (χ1) is 10.3. The predicted molar refractivity (Wildman–Crippen MR) is 83.2 cm³/mol. The third-order valence-corrected chi connectivity index (χ3v) is 3.98. The number of rotatable bonds is 6. The van der Waals surface area contributed by atoms with Crippen LogP contribution in [0, 0.1) is 0 Å². The van der Waals surface area contributed by atoms with Crippen molar-refractivity contribution in [2.45, 2.75) is 13.1 Å². The van der Waals surface area contributed by atoms with Crippen molar-refractivity contribution in [1.29, 1.82) is 0 Å². The second kappa shape index (κ2) is 6.11. The maximum Gasteiger partial charge on any atom is 0.107 e. The lowest BCUT2D eigenvalue weighted by atomic mass is 10.2. The number of thiophene rings is 1. The van der Waals surface area contributed by atoms with Crippen LogP contribution in [0.1, 0.15) is 5.56 Å². The molecular formula is C14H17N5OS. The van der Waals surface area contributed by atoms with Gasteiger partial charge in [-0.3, -0.25) is 9.36 Å². The Balaban J connectivity index is 1.73. The maximum absolute atomic E-state index is 8.89. The van der Waals surface area contributed by atoms with Gasteiger partial charge in [0.1, 0.15) is 5.69 Å². The van der Waals surface area contributed by atoms with E-state index in [4.69, 9.17) is 5.11 Å². The van der Waals surface area contributed by atoms with E-state index in [0.717, 1.165) is 16.9 Å². The van der Waals surface area contributed by atoms with E-state index in [1.165, 1.54) is 4.88 Å². The smallest absolute Gasteiger partial charge is 0.107 e. The molecule has 0 fully saturated rings. The number of nitrogens with one attached hydrogen (secondary N) is 1. The number of hydrogen-bond acceptors (Lipinski definition) is 5. The van der Waals surface area contributed by atoms with Crippen LogP contribution >= 0.6 is 11.3 Å². The van der Waals surface area contributed by atoms with Gasteiger partial charge in [0.05, 0.1) is 29.9 Å². The molecule has 6 nitrogen and oxygen atoms in total. The van der Waals surface area contributed by atoms with E-state index < -0.39 is 0 Å². The van der Waals surface area contributed by atoms with Crippen molar-refractivity contribution in [3.05, 3.63) is 41.7 Å². The number of aliphatic hydroxyl groups is 1. The highest BCUT2D eigenvalue weighted by Gasteiger charge is 2.11. The highest BCUT2D eigenvalue weighted by molar-refractivity contribution is 7.13. The van der Waals surface area contributed by atoms with Crippen molar-refractivity contribution in [1.82, 2.24) is 19.6 Å². The minimum atomic E-state index is 0.0895. The summed E-state index contributed by atoms with van der Waals surface area (Å²) in [5, 5.41) is 23.0. The zero-order valence-corrected chi connectivity index (χ0v) is 12.5. The Morgan fingerprint density at radius 3 is 3.05 bits per heavy atom. The number of aryl methyl sites for hydroxylation is 1. The van der Waals surface area contributed by atoms with Crippen LogP contribution in [0.3, 0.4) is 0 Å². The van der Waals surface area contributed by atoms with Gasteiger partial charge in [0.2, 0.25) is 0 Å². The first kappa shape index (κ1) is 13.8. The molecule has 3 heterocycles. The molecule has 0 saturated heterocycles. The SMILES string of the molecule is Cn1cc(CNc2cnn(CCO)c2)c(-c2cccs2)n1. The van der Waals surface area contributed by atoms with E-state index in [0.29, 0.717) is 13.1 Å². The number of aliphatic hydroxyl groups excluding tert-OH is 1. The second-order valence-corrected chi connectivity index (χ2v) is 5.67. The van der Waals surface area contributed by atoms with Crippen LogP contribution in [0.25, 0.3) is 10.6 Å². The number of hydrogen-bond donors (Lipinski definition) is 2. The number of anilines is 1. The molecular weight excluding hydrogens is 286 g/mol. The highest BCUT2D eigenvalue weighted by atomic mass is 32.1. The first-order valence-corrected chi connectivity index (χ1v) is 7.58. The van der Waals surface area contributed by atoms with Crippen LogP contribution in [0.2, 0.25) is 0 Å². The quantitative estimate of drug-likeness (QED) is 0.730. The molecule has 3 aromatic rings. The summed E-state index contributed by atoms with van der Waals surface area (Å²) in [5.41, 5.74) is 3.10. The van der Waals surface area contributed by atoms with Crippen molar-refractivity contribution in [3.8, 4) is 10.6 Å². The Morgan fingerprint density at radius 1 is 1.38 bits per heavy atom. The molecule has 0 saturated carbocycles. The van der Waals surface area contributed by atoms with E-state index in [1.54, 1.807) is 22.2 Å². The van der Waals surface area contributed by atoms with Gasteiger partial charge in [-0.2, -0.15) is 10.2 Å². The molecule has 110 valence electrons. The van der Waals surface area contributed by atoms with Crippen LogP contribution in [0.15, 0.2) is 36.1 Å². The van der Waals surface area contributed by atoms with Gasteiger partial charge in [-0.1, -0.05) is 6.07 Å². The van der Waals surface area contributed by atoms with Gasteiger partial charge in [-0.15, -0.1) is 11.3 Å². The topological polar surface area (TPSA) is 67.9 Å². The van der Waals surface area contributed by atoms with Crippen LogP contribution in [0.5, 0.6) is 0 Å². The highest BCUT2D eigenvalue weighted by Crippen LogP contribution is 2.26. The normalized spacial score (nSPS) is 11.0. The maximum atomic E-state index is 8.89. The first-order valence-electron chi connectivity index (χ1n) is 6.70. The molecule has 0 atom stereocenters. The largest absolute Gasteiger partial charge is 0.394 e. The van der Waals surface area contributed by atoms with E-state index in [9.17, 15) is 0 Å². The van der Waals surface area contributed by atoms with Gasteiger partial charge in [0.15, 0.2) is 0 Å². The fraction of sp³-hybridized carbons (Fsp3) is 0.286. The lowest BCUT2D eigenvalue weighted by Crippen LogP contribution is -2.02. The molecule has 0 aliphatic carbocycles. The average molecular weight is 303 g/mol. The van der Waals surface area contributed by atoms with Gasteiger partial charge < -0.3 is 10.4 Å². The summed E-state index contributed by atoms with van der Waals surface area (Å²) >= 11 is 1.69. The Kier molecular flexibility index (Phi) is 4.03. The fourth-order valence-electron chi connectivity index (χ4n) is 2.16. The van der Waals surface area contributed by atoms with Gasteiger partial charge in [-0.05, 0) is 11.4 Å². The minimum absolute atomic E-state index is 0.0895. The monoisotopic (exact) mass is 303 g/mol. The standard InChI is InChI=1S/C14H17N5OS/c1-18-9-11(14(17-18)13-3-2-6-21-13)7-15-12-8-16-19(10-12)4-5-20/h2-3,6,8-10,15,20H,4-5,7H2,1H3. The summed E-state index contributed by atoms with van der Waals surface area (Å²) in [6.45, 7) is 1.28. The third kappa shape index (κ3) is 3.14. The third-order valence-electron chi connectivity index (χ3n) is 3.10. The molecule has 0 amide bonds. The predicted octanol–water partition coefficient (Wildman–Crippen LogP) is 1.95. The second-order valence-electron chi connectivity index (χ2n) is 4.72. The van der Waals surface area contributed by atoms with E-state index in [2.05, 4.69) is 27.0 Å². The van der Waals surface area contributed by atoms with Gasteiger partial charge in [-0.25, -0.2) is 0 Å². The van der Waals surface area contributed by atoms with Crippen molar-refractivity contribution < 1.29 is 5.11 Å². The Bertz CT molecular complexity index is 701. The molecule has 7 heteroatoms. The Morgan fingerprint density at radius 2 is 2.29 bits per heavy atom. The van der Waals surface area contributed by atoms with Crippen LogP contribution in [-0.4, -0.2) is 31.3 Å². The van der Waals surface area contributed by atoms with Crippen molar-refractivity contribution in [2.24, 2.45) is 7.05 Å². The summed E-state index contributed by atoms with van der Waals surface area (Å²) in [5.74, 6) is 0. The van der Waals surface area contributed by atoms with Crippen molar-refractivity contribution in [3.63, 3.8) is 0 Å². The fourth-order valence-corrected chi connectivity index (χ4v) is 2.91. The van der Waals surface area contributed by atoms with Gasteiger partial charge in [0.25, 0.3) is 0 Å². The minimum Gasteiger partial charge on any atom is -0.394 e. The molecule has 21 heavy (non-hydrogen) atoms. The van der Waals surface area contributed by atoms with E-state index in [1.807, 2.05) is 30.2 Å². The molecule has 0 aromatic carbocycles. The van der Waals surface area contributed by atoms with Gasteiger partial charge in [0, 0.05) is 31.5 Å². The summed E-state index contributed by atoms with van der Waals surface area (Å²) in [6, 6.07) is 4.11. The molecule has 0 aliphatic rings. The van der Waals surface area contributed by atoms with Crippen molar-refractivity contribution >= 4 is 17.0 Å². The lowest BCUT2D eigenvalue weighted by molar-refractivity contribution is 0.269. The number of nitrogens with zero attached hydrogens (tertiary/aromatic N) is 4. The summed E-state index contributed by atoms with van der Waals surface area (Å²) < 4.78 is 3.55. The molecule has 0 unspecified atom stereocenters. The lowest BCUT2D eigenvalue weighted by Gasteiger charge is -2.03. The summed E-state index contributed by atoms with van der Waals surface area (Å²) in [4.78, 5) is 1.17. The van der Waals surface area contributed by atoms with Gasteiger partial charge >= 0.3 is 0 Å². The summed E-state index contributed by atoms with van der Waals surface area (Å²) in [6.07, 6.45) is 5.68. The average Bonchev–Trinajstić information content (AvgIpc) is 3.17. The molecule has 0 aliphatic heterocycles. The molecule has 2 N–H and O–H groups in total.